The monoisotopic (exact) mass is 344 g/mol. The summed E-state index contributed by atoms with van der Waals surface area (Å²) >= 11 is 1.04. The summed E-state index contributed by atoms with van der Waals surface area (Å²) in [4.78, 5) is 52.5. The van der Waals surface area contributed by atoms with Crippen LogP contribution in [0.5, 0.6) is 0 Å². The highest BCUT2D eigenvalue weighted by Gasteiger charge is 2.35. The molecule has 122 valence electrons. The van der Waals surface area contributed by atoms with Crippen LogP contribution in [-0.4, -0.2) is 47.3 Å². The molecule has 0 radical (unpaired) electrons. The van der Waals surface area contributed by atoms with Crippen molar-refractivity contribution in [2.45, 2.75) is 6.42 Å². The summed E-state index contributed by atoms with van der Waals surface area (Å²) in [5.41, 5.74) is 0.761. The van der Waals surface area contributed by atoms with E-state index in [-0.39, 0.29) is 29.7 Å². The van der Waals surface area contributed by atoms with E-state index in [1.54, 1.807) is 24.3 Å². The van der Waals surface area contributed by atoms with Crippen LogP contribution in [0.3, 0.4) is 0 Å². The smallest absolute Gasteiger partial charge is 0.331 e. The number of methoxy groups -OCH3 is 1. The van der Waals surface area contributed by atoms with Crippen LogP contribution in [0.1, 0.15) is 27.1 Å². The van der Waals surface area contributed by atoms with Crippen LogP contribution in [0.4, 0.5) is 0 Å². The third kappa shape index (κ3) is 2.88. The maximum Gasteiger partial charge on any atom is 0.331 e. The number of aliphatic imine (C=N–C) groups is 1. The Hall–Kier alpha value is -2.74. The molecule has 0 saturated heterocycles. The Morgan fingerprint density at radius 1 is 1.21 bits per heavy atom. The van der Waals surface area contributed by atoms with Gasteiger partial charge in [0.2, 0.25) is 0 Å². The van der Waals surface area contributed by atoms with E-state index in [0.29, 0.717) is 16.2 Å². The van der Waals surface area contributed by atoms with E-state index >= 15 is 0 Å². The van der Waals surface area contributed by atoms with Gasteiger partial charge in [-0.2, -0.15) is 0 Å². The lowest BCUT2D eigenvalue weighted by Gasteiger charge is -2.12. The van der Waals surface area contributed by atoms with Crippen molar-refractivity contribution in [3.8, 4) is 0 Å². The molecule has 7 nitrogen and oxygen atoms in total. The Morgan fingerprint density at radius 2 is 1.83 bits per heavy atom. The fourth-order valence-electron chi connectivity index (χ4n) is 2.38. The molecule has 0 aliphatic carbocycles. The number of amides is 3. The molecule has 2 heterocycles. The predicted molar refractivity (Wildman–Crippen MR) is 86.6 cm³/mol. The average molecular weight is 344 g/mol. The third-order valence-electron chi connectivity index (χ3n) is 3.54. The van der Waals surface area contributed by atoms with Crippen molar-refractivity contribution in [2.24, 2.45) is 4.99 Å². The van der Waals surface area contributed by atoms with Crippen molar-refractivity contribution in [1.82, 2.24) is 4.90 Å². The van der Waals surface area contributed by atoms with Crippen LogP contribution in [-0.2, 0) is 14.3 Å². The van der Waals surface area contributed by atoms with Gasteiger partial charge in [0, 0.05) is 19.0 Å². The molecule has 2 aliphatic heterocycles. The number of thioether (sulfide) groups is 1. The number of ether oxygens (including phenoxy) is 1. The highest BCUT2D eigenvalue weighted by Crippen LogP contribution is 2.29. The molecule has 0 fully saturated rings. The molecule has 0 spiro atoms. The molecule has 3 amide bonds. The molecule has 0 unspecified atom stereocenters. The van der Waals surface area contributed by atoms with Crippen LogP contribution >= 0.6 is 11.8 Å². The van der Waals surface area contributed by atoms with Gasteiger partial charge in [-0.05, 0) is 12.1 Å². The summed E-state index contributed by atoms with van der Waals surface area (Å²) < 4.78 is 4.47. The van der Waals surface area contributed by atoms with Crippen LogP contribution in [0.2, 0.25) is 0 Å². The average Bonchev–Trinajstić information content (AvgIpc) is 3.04. The van der Waals surface area contributed by atoms with E-state index in [1.807, 2.05) is 0 Å². The van der Waals surface area contributed by atoms with Crippen LogP contribution in [0.25, 0.3) is 0 Å². The number of carbonyl (C=O) groups is 4. The molecular formula is C16H12N2O5S. The van der Waals surface area contributed by atoms with E-state index in [0.717, 1.165) is 22.7 Å². The summed E-state index contributed by atoms with van der Waals surface area (Å²) in [6.07, 6.45) is 1.33. The number of esters is 1. The molecular weight excluding hydrogens is 332 g/mol. The zero-order valence-corrected chi connectivity index (χ0v) is 13.5. The van der Waals surface area contributed by atoms with Crippen molar-refractivity contribution in [1.29, 1.82) is 0 Å². The second kappa shape index (κ2) is 6.40. The first-order valence-electron chi connectivity index (χ1n) is 7.06. The third-order valence-corrected chi connectivity index (χ3v) is 4.59. The van der Waals surface area contributed by atoms with E-state index in [4.69, 9.17) is 0 Å². The fraction of sp³-hybridized carbons (Fsp3) is 0.188. The minimum Gasteiger partial charge on any atom is -0.466 e. The number of hydrogen-bond acceptors (Lipinski definition) is 6. The molecule has 24 heavy (non-hydrogen) atoms. The molecule has 0 bridgehead atoms. The normalized spacial score (nSPS) is 18.2. The molecule has 3 rings (SSSR count). The number of rotatable bonds is 4. The second-order valence-corrected chi connectivity index (χ2v) is 6.12. The number of fused-ring (bicyclic) bond motifs is 1. The summed E-state index contributed by atoms with van der Waals surface area (Å²) in [5.74, 6) is -1.86. The molecule has 8 heteroatoms. The van der Waals surface area contributed by atoms with Gasteiger partial charge in [0.25, 0.3) is 17.7 Å². The van der Waals surface area contributed by atoms with Gasteiger partial charge in [-0.25, -0.2) is 9.79 Å². The molecule has 1 aromatic carbocycles. The zero-order chi connectivity index (χ0) is 17.3. The fourth-order valence-corrected chi connectivity index (χ4v) is 3.24. The van der Waals surface area contributed by atoms with Crippen molar-refractivity contribution in [3.63, 3.8) is 0 Å². The Balaban J connectivity index is 1.66. The number of carbonyl (C=O) groups excluding carboxylic acids is 4. The molecule has 2 aliphatic rings. The standard InChI is InChI=1S/C16H12N2O5S/c1-23-13(19)8-11-14(20)17-12(24-11)6-7-18-15(21)9-4-2-3-5-10(9)16(18)22/h2-5,8H,6-7H2,1H3/b11-8-. The Morgan fingerprint density at radius 3 is 2.42 bits per heavy atom. The first kappa shape index (κ1) is 16.1. The Kier molecular flexibility index (Phi) is 4.30. The summed E-state index contributed by atoms with van der Waals surface area (Å²) in [6.45, 7) is 0.122. The van der Waals surface area contributed by atoms with Gasteiger partial charge in [0.05, 0.1) is 28.2 Å². The first-order chi connectivity index (χ1) is 11.5. The van der Waals surface area contributed by atoms with Gasteiger partial charge < -0.3 is 4.74 Å². The van der Waals surface area contributed by atoms with Crippen LogP contribution < -0.4 is 0 Å². The minimum atomic E-state index is -0.636. The highest BCUT2D eigenvalue weighted by atomic mass is 32.2. The maximum atomic E-state index is 12.2. The van der Waals surface area contributed by atoms with Crippen molar-refractivity contribution >= 4 is 40.5 Å². The van der Waals surface area contributed by atoms with Gasteiger partial charge in [-0.3, -0.25) is 19.3 Å². The SMILES string of the molecule is COC(=O)/C=C1\SC(CCN2C(=O)c3ccccc3C2=O)=NC1=O. The molecule has 0 N–H and O–H groups in total. The number of nitrogens with zero attached hydrogens (tertiary/aromatic N) is 2. The van der Waals surface area contributed by atoms with Crippen LogP contribution in [0, 0.1) is 0 Å². The minimum absolute atomic E-state index is 0.122. The van der Waals surface area contributed by atoms with Gasteiger partial charge in [-0.1, -0.05) is 23.9 Å². The maximum absolute atomic E-state index is 12.2. The number of hydrogen-bond donors (Lipinski definition) is 0. The first-order valence-corrected chi connectivity index (χ1v) is 7.87. The summed E-state index contributed by atoms with van der Waals surface area (Å²) in [7, 11) is 1.22. The Bertz CT molecular complexity index is 793. The predicted octanol–water partition coefficient (Wildman–Crippen LogP) is 1.40. The lowest BCUT2D eigenvalue weighted by Crippen LogP contribution is -2.31. The van der Waals surface area contributed by atoms with Gasteiger partial charge >= 0.3 is 5.97 Å². The van der Waals surface area contributed by atoms with E-state index < -0.39 is 11.9 Å². The second-order valence-electron chi connectivity index (χ2n) is 5.00. The number of benzene rings is 1. The Labute approximate surface area is 141 Å². The number of imide groups is 1. The van der Waals surface area contributed by atoms with Crippen molar-refractivity contribution in [2.75, 3.05) is 13.7 Å². The largest absolute Gasteiger partial charge is 0.466 e. The van der Waals surface area contributed by atoms with Gasteiger partial charge in [0.1, 0.15) is 0 Å². The molecule has 1 aromatic rings. The lowest BCUT2D eigenvalue weighted by molar-refractivity contribution is -0.135. The summed E-state index contributed by atoms with van der Waals surface area (Å²) in [5, 5.41) is 0.451. The van der Waals surface area contributed by atoms with E-state index in [1.165, 1.54) is 7.11 Å². The van der Waals surface area contributed by atoms with Gasteiger partial charge in [0.15, 0.2) is 0 Å². The molecule has 0 saturated carbocycles. The van der Waals surface area contributed by atoms with E-state index in [2.05, 4.69) is 9.73 Å². The molecule has 0 aromatic heterocycles. The topological polar surface area (TPSA) is 93.1 Å². The lowest BCUT2D eigenvalue weighted by atomic mass is 10.1. The van der Waals surface area contributed by atoms with E-state index in [9.17, 15) is 19.2 Å². The van der Waals surface area contributed by atoms with Gasteiger partial charge in [-0.15, -0.1) is 0 Å². The highest BCUT2D eigenvalue weighted by molar-refractivity contribution is 8.18. The molecule has 0 atom stereocenters. The van der Waals surface area contributed by atoms with Crippen molar-refractivity contribution < 1.29 is 23.9 Å². The van der Waals surface area contributed by atoms with Crippen molar-refractivity contribution in [3.05, 3.63) is 46.4 Å². The zero-order valence-electron chi connectivity index (χ0n) is 12.6. The summed E-state index contributed by atoms with van der Waals surface area (Å²) in [6, 6.07) is 6.62. The quantitative estimate of drug-likeness (QED) is 0.466. The van der Waals surface area contributed by atoms with Crippen LogP contribution in [0.15, 0.2) is 40.2 Å².